The Morgan fingerprint density at radius 2 is 1.72 bits per heavy atom. The molecule has 3 aliphatic heterocycles. The Bertz CT molecular complexity index is 1230. The lowest BCUT2D eigenvalue weighted by Gasteiger charge is -2.35. The molecule has 2 amide bonds. The predicted molar refractivity (Wildman–Crippen MR) is 133 cm³/mol. The number of Topliss-reactive ketones (excluding diaryl/α,β-unsaturated/α-hetero) is 1. The first-order valence-electron chi connectivity index (χ1n) is 12.0. The number of rotatable bonds is 6. The van der Waals surface area contributed by atoms with Gasteiger partial charge in [-0.25, -0.2) is 0 Å². The summed E-state index contributed by atoms with van der Waals surface area (Å²) in [4.78, 5) is 46.0. The molecule has 5 rings (SSSR count). The standard InChI is InChI=1S/C27H29N3O6/c1-28-21-7-4-3-6-20(21)27(26(28)34)22(23(31)18-8-10-19(35-2)11-9-18)24(32)25(33)30(27)13-5-12-29-14-16-36-17-15-29/h3-4,6-11,31H,5,12-17H2,1-2H3. The van der Waals surface area contributed by atoms with E-state index in [0.717, 1.165) is 13.1 Å². The second kappa shape index (κ2) is 9.40. The second-order valence-corrected chi connectivity index (χ2v) is 9.14. The maximum atomic E-state index is 14.0. The molecule has 9 heteroatoms. The van der Waals surface area contributed by atoms with Crippen molar-refractivity contribution in [3.05, 3.63) is 65.2 Å². The van der Waals surface area contributed by atoms with Gasteiger partial charge in [-0.1, -0.05) is 18.2 Å². The minimum Gasteiger partial charge on any atom is -0.507 e. The van der Waals surface area contributed by atoms with Gasteiger partial charge < -0.3 is 24.4 Å². The van der Waals surface area contributed by atoms with Crippen LogP contribution in [0.1, 0.15) is 17.5 Å². The lowest BCUT2D eigenvalue weighted by Crippen LogP contribution is -2.52. The largest absolute Gasteiger partial charge is 0.507 e. The molecule has 1 spiro atoms. The molecular formula is C27H29N3O6. The van der Waals surface area contributed by atoms with Crippen LogP contribution in [0.3, 0.4) is 0 Å². The number of carbonyl (C=O) groups is 3. The van der Waals surface area contributed by atoms with Crippen LogP contribution in [0.2, 0.25) is 0 Å². The van der Waals surface area contributed by atoms with Crippen molar-refractivity contribution in [2.45, 2.75) is 12.0 Å². The molecule has 0 bridgehead atoms. The molecule has 2 aromatic carbocycles. The number of aliphatic hydroxyl groups excluding tert-OH is 1. The number of amides is 2. The number of ketones is 1. The summed E-state index contributed by atoms with van der Waals surface area (Å²) in [5, 5.41) is 11.4. The molecule has 9 nitrogen and oxygen atoms in total. The van der Waals surface area contributed by atoms with Crippen LogP contribution in [0.15, 0.2) is 54.1 Å². The van der Waals surface area contributed by atoms with E-state index in [2.05, 4.69) is 4.90 Å². The van der Waals surface area contributed by atoms with Crippen LogP contribution >= 0.6 is 0 Å². The van der Waals surface area contributed by atoms with Crippen molar-refractivity contribution in [3.63, 3.8) is 0 Å². The molecule has 1 atom stereocenters. The maximum absolute atomic E-state index is 14.0. The summed E-state index contributed by atoms with van der Waals surface area (Å²) in [5.41, 5.74) is -0.498. The van der Waals surface area contributed by atoms with Crippen molar-refractivity contribution in [3.8, 4) is 5.75 Å². The predicted octanol–water partition coefficient (Wildman–Crippen LogP) is 1.97. The summed E-state index contributed by atoms with van der Waals surface area (Å²) >= 11 is 0. The zero-order chi connectivity index (χ0) is 25.4. The molecule has 188 valence electrons. The number of methoxy groups -OCH3 is 1. The van der Waals surface area contributed by atoms with Crippen molar-refractivity contribution < 1.29 is 29.0 Å². The number of carbonyl (C=O) groups excluding carboxylic acids is 3. The van der Waals surface area contributed by atoms with E-state index in [9.17, 15) is 19.5 Å². The molecule has 0 aromatic heterocycles. The number of nitrogens with zero attached hydrogens (tertiary/aromatic N) is 3. The molecule has 1 N–H and O–H groups in total. The number of likely N-dealkylation sites (N-methyl/N-ethyl adjacent to an activating group) is 1. The number of hydrogen-bond donors (Lipinski definition) is 1. The molecule has 0 aliphatic carbocycles. The third-order valence-electron chi connectivity index (χ3n) is 7.26. The van der Waals surface area contributed by atoms with Gasteiger partial charge in [-0.3, -0.25) is 19.3 Å². The number of hydrogen-bond acceptors (Lipinski definition) is 7. The molecule has 2 saturated heterocycles. The summed E-state index contributed by atoms with van der Waals surface area (Å²) in [6.07, 6.45) is 0.566. The van der Waals surface area contributed by atoms with E-state index in [-0.39, 0.29) is 17.9 Å². The number of benzene rings is 2. The van der Waals surface area contributed by atoms with Crippen molar-refractivity contribution >= 4 is 29.0 Å². The van der Waals surface area contributed by atoms with Gasteiger partial charge in [-0.05, 0) is 36.8 Å². The van der Waals surface area contributed by atoms with Crippen LogP contribution in [0.4, 0.5) is 5.69 Å². The highest BCUT2D eigenvalue weighted by Crippen LogP contribution is 2.53. The lowest BCUT2D eigenvalue weighted by atomic mass is 9.82. The van der Waals surface area contributed by atoms with Gasteiger partial charge in [0.2, 0.25) is 0 Å². The van der Waals surface area contributed by atoms with E-state index in [1.54, 1.807) is 55.6 Å². The molecule has 1 unspecified atom stereocenters. The van der Waals surface area contributed by atoms with E-state index in [0.29, 0.717) is 48.7 Å². The van der Waals surface area contributed by atoms with Gasteiger partial charge in [-0.2, -0.15) is 0 Å². The molecule has 2 fully saturated rings. The van der Waals surface area contributed by atoms with Crippen molar-refractivity contribution in [1.29, 1.82) is 0 Å². The Morgan fingerprint density at radius 1 is 1.03 bits per heavy atom. The lowest BCUT2D eigenvalue weighted by molar-refractivity contribution is -0.143. The van der Waals surface area contributed by atoms with Gasteiger partial charge in [0.05, 0.1) is 25.9 Å². The van der Waals surface area contributed by atoms with Gasteiger partial charge in [0.15, 0.2) is 5.54 Å². The fraction of sp³-hybridized carbons (Fsp3) is 0.370. The molecule has 36 heavy (non-hydrogen) atoms. The van der Waals surface area contributed by atoms with Crippen molar-refractivity contribution in [2.24, 2.45) is 0 Å². The normalized spacial score (nSPS) is 23.6. The molecule has 0 saturated carbocycles. The minimum atomic E-state index is -1.73. The Balaban J connectivity index is 1.62. The number of para-hydroxylation sites is 1. The summed E-state index contributed by atoms with van der Waals surface area (Å²) in [6.45, 7) is 3.80. The fourth-order valence-corrected chi connectivity index (χ4v) is 5.44. The number of morpholine rings is 1. The number of anilines is 1. The molecule has 0 radical (unpaired) electrons. The monoisotopic (exact) mass is 491 g/mol. The third kappa shape index (κ3) is 3.58. The fourth-order valence-electron chi connectivity index (χ4n) is 5.44. The van der Waals surface area contributed by atoms with Crippen LogP contribution in [0.5, 0.6) is 5.75 Å². The second-order valence-electron chi connectivity index (χ2n) is 9.14. The summed E-state index contributed by atoms with van der Waals surface area (Å²) < 4.78 is 10.6. The van der Waals surface area contributed by atoms with Gasteiger partial charge >= 0.3 is 0 Å². The SMILES string of the molecule is COc1ccc(C(O)=C2C(=O)C(=O)N(CCCN3CCOCC3)C23C(=O)N(C)c2ccccc23)cc1. The quantitative estimate of drug-likeness (QED) is 0.375. The average molecular weight is 492 g/mol. The van der Waals surface area contributed by atoms with Crippen LogP contribution in [-0.2, 0) is 24.7 Å². The Labute approximate surface area is 209 Å². The first-order valence-corrected chi connectivity index (χ1v) is 12.0. The van der Waals surface area contributed by atoms with Crippen LogP contribution < -0.4 is 9.64 Å². The Kier molecular flexibility index (Phi) is 6.27. The zero-order valence-corrected chi connectivity index (χ0v) is 20.4. The highest BCUT2D eigenvalue weighted by Gasteiger charge is 2.66. The minimum absolute atomic E-state index is 0.190. The van der Waals surface area contributed by atoms with Gasteiger partial charge in [0, 0.05) is 50.0 Å². The van der Waals surface area contributed by atoms with Crippen LogP contribution in [0, 0.1) is 0 Å². The van der Waals surface area contributed by atoms with E-state index < -0.39 is 23.1 Å². The third-order valence-corrected chi connectivity index (χ3v) is 7.26. The first-order chi connectivity index (χ1) is 17.4. The number of aliphatic hydroxyl groups is 1. The summed E-state index contributed by atoms with van der Waals surface area (Å²) in [7, 11) is 3.15. The molecular weight excluding hydrogens is 462 g/mol. The van der Waals surface area contributed by atoms with Crippen molar-refractivity contribution in [2.75, 3.05) is 58.5 Å². The topological polar surface area (TPSA) is 99.6 Å². The Hall–Kier alpha value is -3.69. The van der Waals surface area contributed by atoms with E-state index >= 15 is 0 Å². The smallest absolute Gasteiger partial charge is 0.296 e. The van der Waals surface area contributed by atoms with Crippen LogP contribution in [-0.4, -0.2) is 86.1 Å². The summed E-state index contributed by atoms with van der Waals surface area (Å²) in [5.74, 6) is -1.90. The van der Waals surface area contributed by atoms with Gasteiger partial charge in [0.25, 0.3) is 17.6 Å². The zero-order valence-electron chi connectivity index (χ0n) is 20.4. The number of ether oxygens (including phenoxy) is 2. The maximum Gasteiger partial charge on any atom is 0.296 e. The van der Waals surface area contributed by atoms with E-state index in [1.807, 2.05) is 0 Å². The van der Waals surface area contributed by atoms with Gasteiger partial charge in [0.1, 0.15) is 11.5 Å². The number of likely N-dealkylation sites (tertiary alicyclic amines) is 1. The van der Waals surface area contributed by atoms with E-state index in [4.69, 9.17) is 9.47 Å². The first kappa shape index (κ1) is 24.0. The molecule has 2 aromatic rings. The Morgan fingerprint density at radius 3 is 2.42 bits per heavy atom. The summed E-state index contributed by atoms with van der Waals surface area (Å²) in [6, 6.07) is 13.6. The van der Waals surface area contributed by atoms with Gasteiger partial charge in [-0.15, -0.1) is 0 Å². The molecule has 3 heterocycles. The van der Waals surface area contributed by atoms with E-state index in [1.165, 1.54) is 16.9 Å². The highest BCUT2D eigenvalue weighted by atomic mass is 16.5. The van der Waals surface area contributed by atoms with Crippen molar-refractivity contribution in [1.82, 2.24) is 9.80 Å². The average Bonchev–Trinajstić information content (AvgIpc) is 3.27. The number of fused-ring (bicyclic) bond motifs is 2. The molecule has 3 aliphatic rings. The highest BCUT2D eigenvalue weighted by molar-refractivity contribution is 6.50. The van der Waals surface area contributed by atoms with Crippen LogP contribution in [0.25, 0.3) is 5.76 Å².